The quantitative estimate of drug-likeness (QED) is 0.556. The molecule has 1 aliphatic rings. The fraction of sp³-hybridized carbons (Fsp3) is 0.167. The second kappa shape index (κ2) is 7.13. The van der Waals surface area contributed by atoms with E-state index in [1.807, 2.05) is 0 Å². The Labute approximate surface area is 160 Å². The average Bonchev–Trinajstić information content (AvgIpc) is 2.86. The van der Waals surface area contributed by atoms with Gasteiger partial charge in [0.1, 0.15) is 6.61 Å². The fourth-order valence-corrected chi connectivity index (χ4v) is 3.48. The van der Waals surface area contributed by atoms with Crippen LogP contribution in [0.25, 0.3) is 0 Å². The van der Waals surface area contributed by atoms with Crippen molar-refractivity contribution in [1.29, 1.82) is 0 Å². The average molecular weight is 408 g/mol. The Bertz CT molecular complexity index is 1030. The highest BCUT2D eigenvalue weighted by Crippen LogP contribution is 2.23. The molecule has 0 fully saturated rings. The Hall–Kier alpha value is -2.71. The molecule has 0 saturated heterocycles. The number of amides is 2. The first kappa shape index (κ1) is 19.1. The minimum atomic E-state index is -3.52. The van der Waals surface area contributed by atoms with E-state index in [2.05, 4.69) is 0 Å². The molecule has 7 nitrogen and oxygen atoms in total. The van der Waals surface area contributed by atoms with Crippen molar-refractivity contribution in [3.05, 3.63) is 64.2 Å². The Morgan fingerprint density at radius 1 is 1.07 bits per heavy atom. The zero-order valence-electron chi connectivity index (χ0n) is 14.1. The summed E-state index contributed by atoms with van der Waals surface area (Å²) in [4.78, 5) is 37.6. The molecular formula is C18H14ClNO6S. The molecule has 0 N–H and O–H groups in total. The number of carbonyl (C=O) groups excluding carboxylic acids is 3. The largest absolute Gasteiger partial charge is 0.460 e. The molecule has 2 amide bonds. The molecule has 1 heterocycles. The van der Waals surface area contributed by atoms with Crippen LogP contribution in [-0.4, -0.2) is 50.5 Å². The predicted molar refractivity (Wildman–Crippen MR) is 96.7 cm³/mol. The lowest BCUT2D eigenvalue weighted by atomic mass is 10.1. The maximum Gasteiger partial charge on any atom is 0.339 e. The monoisotopic (exact) mass is 407 g/mol. The van der Waals surface area contributed by atoms with Crippen molar-refractivity contribution in [3.8, 4) is 0 Å². The molecule has 0 radical (unpaired) electrons. The van der Waals surface area contributed by atoms with E-state index in [9.17, 15) is 22.8 Å². The number of benzene rings is 2. The van der Waals surface area contributed by atoms with E-state index in [1.165, 1.54) is 12.1 Å². The highest BCUT2D eigenvalue weighted by atomic mass is 35.5. The maximum absolute atomic E-state index is 12.2. The van der Waals surface area contributed by atoms with Crippen molar-refractivity contribution in [3.63, 3.8) is 0 Å². The minimum Gasteiger partial charge on any atom is -0.460 e. The van der Waals surface area contributed by atoms with E-state index < -0.39 is 27.6 Å². The summed E-state index contributed by atoms with van der Waals surface area (Å²) in [6.45, 7) is -0.370. The van der Waals surface area contributed by atoms with Crippen molar-refractivity contribution >= 4 is 39.2 Å². The van der Waals surface area contributed by atoms with Gasteiger partial charge in [0.25, 0.3) is 11.8 Å². The van der Waals surface area contributed by atoms with Gasteiger partial charge in [-0.05, 0) is 30.3 Å². The van der Waals surface area contributed by atoms with E-state index in [0.29, 0.717) is 11.1 Å². The number of rotatable bonds is 5. The van der Waals surface area contributed by atoms with Gasteiger partial charge >= 0.3 is 5.97 Å². The third kappa shape index (κ3) is 3.72. The second-order valence-electron chi connectivity index (χ2n) is 5.86. The number of esters is 1. The van der Waals surface area contributed by atoms with Crippen LogP contribution in [0, 0.1) is 0 Å². The topological polar surface area (TPSA) is 97.8 Å². The van der Waals surface area contributed by atoms with Crippen LogP contribution < -0.4 is 0 Å². The van der Waals surface area contributed by atoms with E-state index >= 15 is 0 Å². The van der Waals surface area contributed by atoms with Gasteiger partial charge in [-0.15, -0.1) is 0 Å². The molecule has 0 bridgehead atoms. The highest BCUT2D eigenvalue weighted by molar-refractivity contribution is 7.90. The van der Waals surface area contributed by atoms with Gasteiger partial charge < -0.3 is 4.74 Å². The summed E-state index contributed by atoms with van der Waals surface area (Å²) in [7, 11) is -3.52. The molecule has 0 spiro atoms. The van der Waals surface area contributed by atoms with Gasteiger partial charge in [-0.3, -0.25) is 14.5 Å². The van der Waals surface area contributed by atoms with Gasteiger partial charge in [0.2, 0.25) is 0 Å². The van der Waals surface area contributed by atoms with E-state index in [-0.39, 0.29) is 28.6 Å². The lowest BCUT2D eigenvalue weighted by Gasteiger charge is -2.14. The number of hydrogen-bond donors (Lipinski definition) is 0. The molecule has 3 rings (SSSR count). The first-order chi connectivity index (χ1) is 12.7. The number of nitrogens with zero attached hydrogens (tertiary/aromatic N) is 1. The second-order valence-corrected chi connectivity index (χ2v) is 8.28. The van der Waals surface area contributed by atoms with Crippen molar-refractivity contribution in [1.82, 2.24) is 4.90 Å². The van der Waals surface area contributed by atoms with Crippen molar-refractivity contribution in [2.75, 3.05) is 19.4 Å². The van der Waals surface area contributed by atoms with Crippen LogP contribution in [-0.2, 0) is 14.6 Å². The van der Waals surface area contributed by atoms with E-state index in [4.69, 9.17) is 16.3 Å². The Balaban J connectivity index is 1.68. The van der Waals surface area contributed by atoms with Gasteiger partial charge in [0.05, 0.1) is 33.2 Å². The number of fused-ring (bicyclic) bond motifs is 1. The zero-order valence-corrected chi connectivity index (χ0v) is 15.7. The number of hydrogen-bond acceptors (Lipinski definition) is 6. The van der Waals surface area contributed by atoms with E-state index in [0.717, 1.165) is 17.2 Å². The molecule has 0 unspecified atom stereocenters. The number of halogens is 1. The van der Waals surface area contributed by atoms with Gasteiger partial charge in [-0.1, -0.05) is 23.7 Å². The van der Waals surface area contributed by atoms with Crippen LogP contribution in [0.4, 0.5) is 0 Å². The summed E-state index contributed by atoms with van der Waals surface area (Å²) in [6, 6.07) is 10.1. The molecule has 0 saturated carbocycles. The summed E-state index contributed by atoms with van der Waals surface area (Å²) in [5.74, 6) is -1.75. The lowest BCUT2D eigenvalue weighted by Crippen LogP contribution is -2.33. The molecule has 0 aromatic heterocycles. The van der Waals surface area contributed by atoms with Gasteiger partial charge in [0, 0.05) is 6.26 Å². The van der Waals surface area contributed by atoms with Gasteiger partial charge in [-0.2, -0.15) is 0 Å². The first-order valence-electron chi connectivity index (χ1n) is 7.82. The third-order valence-corrected chi connectivity index (χ3v) is 5.45. The van der Waals surface area contributed by atoms with Crippen molar-refractivity contribution in [2.24, 2.45) is 0 Å². The van der Waals surface area contributed by atoms with Crippen LogP contribution in [0.2, 0.25) is 5.02 Å². The molecule has 0 aliphatic carbocycles. The summed E-state index contributed by atoms with van der Waals surface area (Å²) < 4.78 is 28.3. The molecule has 1 aliphatic heterocycles. The minimum absolute atomic E-state index is 0.0353. The molecule has 27 heavy (non-hydrogen) atoms. The summed E-state index contributed by atoms with van der Waals surface area (Å²) in [5, 5.41) is 0.0353. The Morgan fingerprint density at radius 3 is 2.22 bits per heavy atom. The third-order valence-electron chi connectivity index (χ3n) is 4.01. The molecule has 2 aromatic rings. The smallest absolute Gasteiger partial charge is 0.339 e. The standard InChI is InChI=1S/C18H14ClNO6S/c1-27(24,25)11-6-7-15(19)14(10-11)18(23)26-9-8-20-16(21)12-4-2-3-5-13(12)17(20)22/h2-7,10H,8-9H2,1H3. The maximum atomic E-state index is 12.2. The lowest BCUT2D eigenvalue weighted by molar-refractivity contribution is 0.0420. The number of ether oxygens (including phenoxy) is 1. The van der Waals surface area contributed by atoms with Crippen LogP contribution in [0.15, 0.2) is 47.4 Å². The van der Waals surface area contributed by atoms with E-state index in [1.54, 1.807) is 24.3 Å². The molecule has 140 valence electrons. The van der Waals surface area contributed by atoms with Crippen LogP contribution in [0.1, 0.15) is 31.1 Å². The Morgan fingerprint density at radius 2 is 1.67 bits per heavy atom. The number of sulfone groups is 1. The number of carbonyl (C=O) groups is 3. The summed E-state index contributed by atoms with van der Waals surface area (Å²) in [6.07, 6.45) is 1.01. The van der Waals surface area contributed by atoms with Crippen LogP contribution in [0.5, 0.6) is 0 Å². The first-order valence-corrected chi connectivity index (χ1v) is 10.1. The summed E-state index contributed by atoms with van der Waals surface area (Å²) >= 11 is 5.94. The van der Waals surface area contributed by atoms with Gasteiger partial charge in [-0.25, -0.2) is 13.2 Å². The highest BCUT2D eigenvalue weighted by Gasteiger charge is 2.34. The fourth-order valence-electron chi connectivity index (χ4n) is 2.64. The Kier molecular flexibility index (Phi) is 5.03. The van der Waals surface area contributed by atoms with Crippen molar-refractivity contribution in [2.45, 2.75) is 4.90 Å². The SMILES string of the molecule is CS(=O)(=O)c1ccc(Cl)c(C(=O)OCCN2C(=O)c3ccccc3C2=O)c1. The van der Waals surface area contributed by atoms with Crippen molar-refractivity contribution < 1.29 is 27.5 Å². The van der Waals surface area contributed by atoms with Crippen LogP contribution >= 0.6 is 11.6 Å². The molecule has 2 aromatic carbocycles. The molecule has 9 heteroatoms. The molecule has 0 atom stereocenters. The summed E-state index contributed by atoms with van der Waals surface area (Å²) in [5.41, 5.74) is 0.498. The zero-order chi connectivity index (χ0) is 19.8. The predicted octanol–water partition coefficient (Wildman–Crippen LogP) is 2.20. The number of imide groups is 1. The normalized spacial score (nSPS) is 13.6. The van der Waals surface area contributed by atoms with Gasteiger partial charge in [0.15, 0.2) is 9.84 Å². The van der Waals surface area contributed by atoms with Crippen LogP contribution in [0.3, 0.4) is 0 Å². The molecular weight excluding hydrogens is 394 g/mol.